The van der Waals surface area contributed by atoms with Crippen molar-refractivity contribution in [3.63, 3.8) is 0 Å². The molecule has 0 atom stereocenters. The van der Waals surface area contributed by atoms with E-state index >= 15 is 0 Å². The van der Waals surface area contributed by atoms with Crippen molar-refractivity contribution < 1.29 is 4.74 Å². The van der Waals surface area contributed by atoms with Gasteiger partial charge < -0.3 is 29.2 Å². The molecule has 0 radical (unpaired) electrons. The van der Waals surface area contributed by atoms with Crippen LogP contribution in [0.1, 0.15) is 0 Å². The van der Waals surface area contributed by atoms with Crippen molar-refractivity contribution in [1.29, 1.82) is 0 Å². The molecule has 0 spiro atoms. The van der Waals surface area contributed by atoms with Gasteiger partial charge in [0.1, 0.15) is 11.5 Å². The van der Waals surface area contributed by atoms with Gasteiger partial charge in [0.05, 0.1) is 28.4 Å². The number of nitrogens with zero attached hydrogens (tertiary/aromatic N) is 5. The Balaban J connectivity index is 1.04. The summed E-state index contributed by atoms with van der Waals surface area (Å²) in [7, 11) is 0. The maximum atomic E-state index is 7.22. The maximum absolute atomic E-state index is 7.22. The van der Waals surface area contributed by atoms with E-state index < -0.39 is 0 Å². The summed E-state index contributed by atoms with van der Waals surface area (Å²) in [5.74, 6) is 1.35. The number of hydrogen-bond acceptors (Lipinski definition) is 6. The van der Waals surface area contributed by atoms with Gasteiger partial charge in [-0.15, -0.1) is 0 Å². The van der Waals surface area contributed by atoms with Crippen LogP contribution in [0.2, 0.25) is 0 Å². The standard InChI is InChI=1S/C72H55N5O/c1-10-29-56(30-11-1)73(57-31-12-2-13-32-57)66-49-67(74(58-33-14-3-15-34-58)59-35-16-4-17-36-59)51-68(50-66)77(64-45-26-9-27-46-64)65-47-28-48-71(53-65)78-72-54-69(75(60-37-18-5-19-38-60)61-39-20-6-21-40-61)52-70(55-72)76(62-41-22-7-23-42-62)63-43-24-8-25-44-63/h1-55H. The van der Waals surface area contributed by atoms with Gasteiger partial charge in [-0.3, -0.25) is 0 Å². The smallest absolute Gasteiger partial charge is 0.131 e. The SMILES string of the molecule is c1ccc(N(c2ccccc2)c2cc(Oc3cccc(N(c4ccccc4)c4cc(N(c5ccccc5)c5ccccc5)cc(N(c5ccccc5)c5ccccc5)c4)c3)cc(N(c3ccccc3)c3ccccc3)c2)cc1. The molecule has 78 heavy (non-hydrogen) atoms. The molecular weight excluding hydrogens is 951 g/mol. The quantitative estimate of drug-likeness (QED) is 0.0902. The number of ether oxygens (including phenoxy) is 1. The summed E-state index contributed by atoms with van der Waals surface area (Å²) >= 11 is 0. The summed E-state index contributed by atoms with van der Waals surface area (Å²) in [6.45, 7) is 0. The number of para-hydroxylation sites is 9. The Morgan fingerprint density at radius 3 is 0.551 bits per heavy atom. The lowest BCUT2D eigenvalue weighted by atomic mass is 10.1. The Bertz CT molecular complexity index is 3460. The highest BCUT2D eigenvalue weighted by Crippen LogP contribution is 2.48. The topological polar surface area (TPSA) is 25.4 Å². The first-order valence-corrected chi connectivity index (χ1v) is 26.2. The average molecular weight is 1010 g/mol. The molecule has 0 heterocycles. The highest BCUT2D eigenvalue weighted by atomic mass is 16.5. The highest BCUT2D eigenvalue weighted by molar-refractivity contribution is 5.90. The second-order valence-corrected chi connectivity index (χ2v) is 18.7. The highest BCUT2D eigenvalue weighted by Gasteiger charge is 2.24. The van der Waals surface area contributed by atoms with E-state index in [1.807, 2.05) is 6.07 Å². The van der Waals surface area contributed by atoms with Gasteiger partial charge in [0.2, 0.25) is 0 Å². The largest absolute Gasteiger partial charge is 0.457 e. The van der Waals surface area contributed by atoms with Crippen LogP contribution in [-0.2, 0) is 0 Å². The zero-order valence-corrected chi connectivity index (χ0v) is 42.9. The third kappa shape index (κ3) is 10.7. The number of rotatable bonds is 17. The van der Waals surface area contributed by atoms with Gasteiger partial charge in [-0.1, -0.05) is 170 Å². The number of hydrogen-bond donors (Lipinski definition) is 0. The van der Waals surface area contributed by atoms with E-state index in [2.05, 4.69) is 352 Å². The molecule has 12 aromatic rings. The summed E-state index contributed by atoms with van der Waals surface area (Å²) in [6.07, 6.45) is 0. The van der Waals surface area contributed by atoms with Crippen LogP contribution in [0.4, 0.5) is 85.3 Å². The van der Waals surface area contributed by atoms with E-state index in [0.717, 1.165) is 85.3 Å². The fourth-order valence-corrected chi connectivity index (χ4v) is 10.1. The van der Waals surface area contributed by atoms with Crippen LogP contribution >= 0.6 is 0 Å². The van der Waals surface area contributed by atoms with Crippen molar-refractivity contribution in [1.82, 2.24) is 0 Å². The van der Waals surface area contributed by atoms with Gasteiger partial charge in [0, 0.05) is 75.1 Å². The van der Waals surface area contributed by atoms with Crippen molar-refractivity contribution in [3.8, 4) is 11.5 Å². The van der Waals surface area contributed by atoms with E-state index in [0.29, 0.717) is 11.5 Å². The van der Waals surface area contributed by atoms with Gasteiger partial charge >= 0.3 is 0 Å². The second kappa shape index (κ2) is 22.9. The Kier molecular flexibility index (Phi) is 14.2. The normalized spacial score (nSPS) is 10.8. The summed E-state index contributed by atoms with van der Waals surface area (Å²) in [4.78, 5) is 11.5. The second-order valence-electron chi connectivity index (χ2n) is 18.7. The fourth-order valence-electron chi connectivity index (χ4n) is 10.1. The maximum Gasteiger partial charge on any atom is 0.131 e. The van der Waals surface area contributed by atoms with Gasteiger partial charge in [0.25, 0.3) is 0 Å². The lowest BCUT2D eigenvalue weighted by Crippen LogP contribution is -2.16. The first kappa shape index (κ1) is 48.4. The molecule has 12 rings (SSSR count). The van der Waals surface area contributed by atoms with E-state index in [4.69, 9.17) is 4.74 Å². The minimum atomic E-state index is 0.673. The monoisotopic (exact) mass is 1010 g/mol. The molecule has 6 nitrogen and oxygen atoms in total. The lowest BCUT2D eigenvalue weighted by Gasteiger charge is -2.33. The van der Waals surface area contributed by atoms with Crippen LogP contribution in [-0.4, -0.2) is 0 Å². The Hall–Kier alpha value is -10.6. The number of anilines is 15. The third-order valence-electron chi connectivity index (χ3n) is 13.5. The molecule has 0 aliphatic carbocycles. The van der Waals surface area contributed by atoms with Crippen LogP contribution in [0.3, 0.4) is 0 Å². The predicted octanol–water partition coefficient (Wildman–Crippen LogP) is 20.8. The summed E-state index contributed by atoms with van der Waals surface area (Å²) in [6, 6.07) is 117. The zero-order chi connectivity index (χ0) is 52.3. The molecule has 0 bridgehead atoms. The van der Waals surface area contributed by atoms with Crippen molar-refractivity contribution >= 4 is 85.3 Å². The van der Waals surface area contributed by atoms with Crippen LogP contribution in [0.25, 0.3) is 0 Å². The molecule has 374 valence electrons. The lowest BCUT2D eigenvalue weighted by molar-refractivity contribution is 0.483. The Morgan fingerprint density at radius 1 is 0.141 bits per heavy atom. The van der Waals surface area contributed by atoms with Crippen molar-refractivity contribution in [2.24, 2.45) is 0 Å². The summed E-state index contributed by atoms with van der Waals surface area (Å²) in [5.41, 5.74) is 14.9. The molecule has 0 unspecified atom stereocenters. The first-order chi connectivity index (χ1) is 38.7. The number of benzene rings is 12. The molecule has 0 aromatic heterocycles. The van der Waals surface area contributed by atoms with E-state index in [1.165, 1.54) is 0 Å². The van der Waals surface area contributed by atoms with Crippen molar-refractivity contribution in [2.45, 2.75) is 0 Å². The zero-order valence-electron chi connectivity index (χ0n) is 42.9. The average Bonchev–Trinajstić information content (AvgIpc) is 3.56. The molecular formula is C72H55N5O. The minimum Gasteiger partial charge on any atom is -0.457 e. The molecule has 0 aliphatic rings. The summed E-state index contributed by atoms with van der Waals surface area (Å²) in [5, 5.41) is 0. The van der Waals surface area contributed by atoms with Crippen LogP contribution in [0.5, 0.6) is 11.5 Å². The van der Waals surface area contributed by atoms with Crippen LogP contribution in [0, 0.1) is 0 Å². The van der Waals surface area contributed by atoms with Gasteiger partial charge in [-0.25, -0.2) is 0 Å². The molecule has 0 fully saturated rings. The molecule has 6 heteroatoms. The van der Waals surface area contributed by atoms with Crippen LogP contribution < -0.4 is 29.2 Å². The molecule has 12 aromatic carbocycles. The van der Waals surface area contributed by atoms with Crippen molar-refractivity contribution in [3.05, 3.63) is 334 Å². The van der Waals surface area contributed by atoms with E-state index in [1.54, 1.807) is 0 Å². The summed E-state index contributed by atoms with van der Waals surface area (Å²) < 4.78 is 7.22. The third-order valence-corrected chi connectivity index (χ3v) is 13.5. The first-order valence-electron chi connectivity index (χ1n) is 26.2. The predicted molar refractivity (Wildman–Crippen MR) is 326 cm³/mol. The fraction of sp³-hybridized carbons (Fsp3) is 0. The van der Waals surface area contributed by atoms with E-state index in [-0.39, 0.29) is 0 Å². The minimum absolute atomic E-state index is 0.673. The van der Waals surface area contributed by atoms with Crippen LogP contribution in [0.15, 0.2) is 334 Å². The Labute approximate surface area is 457 Å². The molecule has 0 N–H and O–H groups in total. The molecule has 0 saturated heterocycles. The molecule has 0 aliphatic heterocycles. The Morgan fingerprint density at radius 2 is 0.321 bits per heavy atom. The molecule has 0 saturated carbocycles. The van der Waals surface area contributed by atoms with Gasteiger partial charge in [-0.2, -0.15) is 0 Å². The van der Waals surface area contributed by atoms with Crippen molar-refractivity contribution in [2.75, 3.05) is 24.5 Å². The molecule has 0 amide bonds. The van der Waals surface area contributed by atoms with Gasteiger partial charge in [0.15, 0.2) is 0 Å². The van der Waals surface area contributed by atoms with E-state index in [9.17, 15) is 0 Å². The van der Waals surface area contributed by atoms with Gasteiger partial charge in [-0.05, 0) is 146 Å².